The first-order valence-corrected chi connectivity index (χ1v) is 9.28. The molecule has 4 rings (SSSR count). The van der Waals surface area contributed by atoms with E-state index in [1.165, 1.54) is 17.7 Å². The second-order valence-corrected chi connectivity index (χ2v) is 8.27. The quantitative estimate of drug-likeness (QED) is 0.792. The molecule has 0 radical (unpaired) electrons. The standard InChI is InChI=1S/C17H19Br2N3/c18-14-6-13(7-15(19)8-14)9-21-10-16-2-1-5-22(16)17(12-21)3-4-20-11-17/h1-2,5-8,20H,3-4,9-12H2. The number of benzene rings is 1. The summed E-state index contributed by atoms with van der Waals surface area (Å²) in [6, 6.07) is 11.0. The van der Waals surface area contributed by atoms with Crippen LogP contribution in [0, 0.1) is 0 Å². The number of hydrogen-bond acceptors (Lipinski definition) is 2. The molecule has 1 N–H and O–H groups in total. The van der Waals surface area contributed by atoms with Crippen LogP contribution < -0.4 is 5.32 Å². The minimum absolute atomic E-state index is 0.236. The Kier molecular flexibility index (Phi) is 3.93. The lowest BCUT2D eigenvalue weighted by molar-refractivity contribution is 0.114. The van der Waals surface area contributed by atoms with Crippen molar-refractivity contribution in [1.82, 2.24) is 14.8 Å². The summed E-state index contributed by atoms with van der Waals surface area (Å²) in [7, 11) is 0. The van der Waals surface area contributed by atoms with E-state index in [0.29, 0.717) is 0 Å². The van der Waals surface area contributed by atoms with Gasteiger partial charge in [-0.2, -0.15) is 0 Å². The van der Waals surface area contributed by atoms with E-state index in [-0.39, 0.29) is 5.54 Å². The molecule has 1 fully saturated rings. The van der Waals surface area contributed by atoms with Crippen molar-refractivity contribution in [3.63, 3.8) is 0 Å². The minimum Gasteiger partial charge on any atom is -0.342 e. The number of halogens is 2. The fourth-order valence-corrected chi connectivity index (χ4v) is 5.32. The van der Waals surface area contributed by atoms with Crippen LogP contribution >= 0.6 is 31.9 Å². The molecule has 1 aromatic carbocycles. The molecule has 1 saturated heterocycles. The first-order valence-electron chi connectivity index (χ1n) is 7.69. The van der Waals surface area contributed by atoms with Crippen LogP contribution in [0.5, 0.6) is 0 Å². The van der Waals surface area contributed by atoms with Gasteiger partial charge in [0.05, 0.1) is 5.54 Å². The molecule has 1 atom stereocenters. The Bertz CT molecular complexity index is 669. The number of aromatic nitrogens is 1. The van der Waals surface area contributed by atoms with Gasteiger partial charge in [0, 0.05) is 47.0 Å². The molecule has 2 aromatic rings. The van der Waals surface area contributed by atoms with Gasteiger partial charge >= 0.3 is 0 Å². The molecule has 22 heavy (non-hydrogen) atoms. The molecule has 1 spiro atoms. The Labute approximate surface area is 147 Å². The van der Waals surface area contributed by atoms with Crippen molar-refractivity contribution in [2.24, 2.45) is 0 Å². The third kappa shape index (κ3) is 2.68. The molecule has 0 amide bonds. The van der Waals surface area contributed by atoms with Gasteiger partial charge in [0.2, 0.25) is 0 Å². The topological polar surface area (TPSA) is 20.2 Å². The lowest BCUT2D eigenvalue weighted by atomic mass is 9.94. The Hall–Kier alpha value is -0.620. The fraction of sp³-hybridized carbons (Fsp3) is 0.412. The molecule has 5 heteroatoms. The summed E-state index contributed by atoms with van der Waals surface area (Å²) in [6.45, 7) is 5.33. The number of nitrogens with zero attached hydrogens (tertiary/aromatic N) is 2. The molecule has 3 heterocycles. The van der Waals surface area contributed by atoms with E-state index in [1.807, 2.05) is 0 Å². The lowest BCUT2D eigenvalue weighted by Crippen LogP contribution is -2.50. The predicted octanol–water partition coefficient (Wildman–Crippen LogP) is 3.72. The summed E-state index contributed by atoms with van der Waals surface area (Å²) in [5.41, 5.74) is 3.02. The highest BCUT2D eigenvalue weighted by atomic mass is 79.9. The van der Waals surface area contributed by atoms with Gasteiger partial charge in [-0.25, -0.2) is 0 Å². The van der Waals surface area contributed by atoms with E-state index in [9.17, 15) is 0 Å². The maximum Gasteiger partial charge on any atom is 0.0705 e. The van der Waals surface area contributed by atoms with Crippen LogP contribution in [0.15, 0.2) is 45.5 Å². The van der Waals surface area contributed by atoms with Gasteiger partial charge in [0.25, 0.3) is 0 Å². The first kappa shape index (κ1) is 14.9. The summed E-state index contributed by atoms with van der Waals surface area (Å²) in [4.78, 5) is 2.58. The third-order valence-corrected chi connectivity index (χ3v) is 5.71. The summed E-state index contributed by atoms with van der Waals surface area (Å²) in [5.74, 6) is 0. The predicted molar refractivity (Wildman–Crippen MR) is 95.8 cm³/mol. The van der Waals surface area contributed by atoms with Crippen molar-refractivity contribution in [3.05, 3.63) is 56.7 Å². The number of nitrogens with one attached hydrogen (secondary N) is 1. The van der Waals surface area contributed by atoms with E-state index in [2.05, 4.69) is 83.2 Å². The minimum atomic E-state index is 0.236. The molecule has 0 saturated carbocycles. The van der Waals surface area contributed by atoms with Crippen molar-refractivity contribution in [2.75, 3.05) is 19.6 Å². The van der Waals surface area contributed by atoms with Crippen molar-refractivity contribution in [2.45, 2.75) is 25.0 Å². The maximum absolute atomic E-state index is 3.59. The maximum atomic E-state index is 3.59. The van der Waals surface area contributed by atoms with E-state index >= 15 is 0 Å². The molecule has 1 aromatic heterocycles. The van der Waals surface area contributed by atoms with Gasteiger partial charge in [-0.15, -0.1) is 0 Å². The number of hydrogen-bond donors (Lipinski definition) is 1. The monoisotopic (exact) mass is 423 g/mol. The Morgan fingerprint density at radius 3 is 2.73 bits per heavy atom. The summed E-state index contributed by atoms with van der Waals surface area (Å²) in [6.07, 6.45) is 3.47. The molecule has 0 aliphatic carbocycles. The zero-order chi connectivity index (χ0) is 15.2. The molecule has 2 aliphatic rings. The molecule has 2 aliphatic heterocycles. The summed E-state index contributed by atoms with van der Waals surface area (Å²) >= 11 is 7.19. The average Bonchev–Trinajstić information content (AvgIpc) is 3.07. The largest absolute Gasteiger partial charge is 0.342 e. The second-order valence-electron chi connectivity index (χ2n) is 6.44. The van der Waals surface area contributed by atoms with Crippen LogP contribution in [0.1, 0.15) is 17.7 Å². The average molecular weight is 425 g/mol. The van der Waals surface area contributed by atoms with Crippen LogP contribution in [-0.2, 0) is 18.6 Å². The Morgan fingerprint density at radius 2 is 2.00 bits per heavy atom. The Morgan fingerprint density at radius 1 is 1.18 bits per heavy atom. The fourth-order valence-electron chi connectivity index (χ4n) is 3.93. The molecular formula is C17H19Br2N3. The third-order valence-electron chi connectivity index (χ3n) is 4.80. The molecule has 1 unspecified atom stereocenters. The zero-order valence-electron chi connectivity index (χ0n) is 12.4. The van der Waals surface area contributed by atoms with E-state index in [1.54, 1.807) is 0 Å². The smallest absolute Gasteiger partial charge is 0.0705 e. The van der Waals surface area contributed by atoms with Crippen LogP contribution in [0.2, 0.25) is 0 Å². The van der Waals surface area contributed by atoms with Crippen LogP contribution in [-0.4, -0.2) is 29.1 Å². The molecular weight excluding hydrogens is 406 g/mol. The van der Waals surface area contributed by atoms with Crippen molar-refractivity contribution >= 4 is 31.9 Å². The summed E-state index contributed by atoms with van der Waals surface area (Å²) < 4.78 is 4.78. The van der Waals surface area contributed by atoms with Gasteiger partial charge in [0.1, 0.15) is 0 Å². The molecule has 116 valence electrons. The van der Waals surface area contributed by atoms with Crippen LogP contribution in [0.25, 0.3) is 0 Å². The number of rotatable bonds is 2. The summed E-state index contributed by atoms with van der Waals surface area (Å²) in [5, 5.41) is 3.55. The zero-order valence-corrected chi connectivity index (χ0v) is 15.5. The number of fused-ring (bicyclic) bond motifs is 2. The van der Waals surface area contributed by atoms with E-state index in [4.69, 9.17) is 0 Å². The van der Waals surface area contributed by atoms with Crippen molar-refractivity contribution in [3.8, 4) is 0 Å². The highest BCUT2D eigenvalue weighted by molar-refractivity contribution is 9.11. The van der Waals surface area contributed by atoms with E-state index in [0.717, 1.165) is 41.7 Å². The molecule has 0 bridgehead atoms. The van der Waals surface area contributed by atoms with Crippen molar-refractivity contribution in [1.29, 1.82) is 0 Å². The SMILES string of the molecule is Brc1cc(Br)cc(CN2Cc3cccn3C3(CCNC3)C2)c1. The van der Waals surface area contributed by atoms with Crippen molar-refractivity contribution < 1.29 is 0 Å². The highest BCUT2D eigenvalue weighted by Crippen LogP contribution is 2.33. The van der Waals surface area contributed by atoms with Gasteiger partial charge < -0.3 is 9.88 Å². The van der Waals surface area contributed by atoms with Crippen LogP contribution in [0.3, 0.4) is 0 Å². The van der Waals surface area contributed by atoms with Gasteiger partial charge in [-0.3, -0.25) is 4.90 Å². The normalized spacial score (nSPS) is 24.8. The van der Waals surface area contributed by atoms with Gasteiger partial charge in [-0.1, -0.05) is 31.9 Å². The molecule has 3 nitrogen and oxygen atoms in total. The Balaban J connectivity index is 1.62. The second kappa shape index (κ2) is 5.78. The first-order chi connectivity index (χ1) is 10.6. The van der Waals surface area contributed by atoms with Gasteiger partial charge in [-0.05, 0) is 48.9 Å². The van der Waals surface area contributed by atoms with Gasteiger partial charge in [0.15, 0.2) is 0 Å². The van der Waals surface area contributed by atoms with E-state index < -0.39 is 0 Å². The lowest BCUT2D eigenvalue weighted by Gasteiger charge is -2.42. The van der Waals surface area contributed by atoms with Crippen LogP contribution in [0.4, 0.5) is 0 Å². The highest BCUT2D eigenvalue weighted by Gasteiger charge is 2.41.